The first kappa shape index (κ1) is 15.3. The van der Waals surface area contributed by atoms with Crippen molar-refractivity contribution in [2.75, 3.05) is 5.32 Å². The van der Waals surface area contributed by atoms with Gasteiger partial charge in [0.1, 0.15) is 16.3 Å². The van der Waals surface area contributed by atoms with Gasteiger partial charge in [-0.1, -0.05) is 36.7 Å². The Morgan fingerprint density at radius 2 is 2.08 bits per heavy atom. The summed E-state index contributed by atoms with van der Waals surface area (Å²) < 4.78 is 0. The highest BCUT2D eigenvalue weighted by Crippen LogP contribution is 2.44. The summed E-state index contributed by atoms with van der Waals surface area (Å²) >= 11 is 8.18. The molecule has 0 radical (unpaired) electrons. The van der Waals surface area contributed by atoms with Gasteiger partial charge in [-0.15, -0.1) is 11.3 Å². The van der Waals surface area contributed by atoms with Crippen LogP contribution in [0.4, 0.5) is 5.00 Å². The molecule has 5 rings (SSSR count). The Kier molecular flexibility index (Phi) is 3.37. The minimum atomic E-state index is -0.318. The summed E-state index contributed by atoms with van der Waals surface area (Å²) in [5, 5.41) is 9.20. The van der Waals surface area contributed by atoms with Crippen LogP contribution in [0.2, 0.25) is 5.15 Å². The van der Waals surface area contributed by atoms with Crippen molar-refractivity contribution in [3.8, 4) is 0 Å². The molecule has 128 valence electrons. The molecule has 3 heterocycles. The van der Waals surface area contributed by atoms with Crippen LogP contribution in [-0.4, -0.2) is 10.9 Å². The van der Waals surface area contributed by atoms with Crippen LogP contribution in [0.3, 0.4) is 0 Å². The zero-order valence-electron chi connectivity index (χ0n) is 13.8. The molecule has 2 atom stereocenters. The fourth-order valence-corrected chi connectivity index (χ4v) is 5.77. The molecule has 0 fully saturated rings. The number of H-pyrrole nitrogens is 1. The summed E-state index contributed by atoms with van der Waals surface area (Å²) in [7, 11) is 0. The van der Waals surface area contributed by atoms with E-state index in [1.165, 1.54) is 10.4 Å². The van der Waals surface area contributed by atoms with Crippen molar-refractivity contribution in [3.05, 3.63) is 51.0 Å². The number of rotatable bonds is 1. The first-order valence-corrected chi connectivity index (χ1v) is 9.79. The van der Waals surface area contributed by atoms with Gasteiger partial charge in [0.2, 0.25) is 0 Å². The van der Waals surface area contributed by atoms with Crippen molar-refractivity contribution in [1.29, 1.82) is 0 Å². The molecule has 2 aliphatic rings. The van der Waals surface area contributed by atoms with Crippen LogP contribution in [-0.2, 0) is 12.8 Å². The lowest BCUT2D eigenvalue weighted by Gasteiger charge is -2.27. The van der Waals surface area contributed by atoms with Gasteiger partial charge >= 0.3 is 0 Å². The Hall–Kier alpha value is -1.98. The van der Waals surface area contributed by atoms with Crippen molar-refractivity contribution in [1.82, 2.24) is 10.3 Å². The van der Waals surface area contributed by atoms with E-state index in [0.717, 1.165) is 46.3 Å². The maximum absolute atomic E-state index is 12.9. The Labute approximate surface area is 154 Å². The number of aromatic nitrogens is 1. The third-order valence-electron chi connectivity index (χ3n) is 5.28. The number of carbonyl (C=O) groups excluding carboxylic acids is 1. The summed E-state index contributed by atoms with van der Waals surface area (Å²) in [5.74, 6) is 0.696. The summed E-state index contributed by atoms with van der Waals surface area (Å²) in [4.78, 5) is 17.4. The van der Waals surface area contributed by atoms with Crippen LogP contribution in [0.25, 0.3) is 10.9 Å². The van der Waals surface area contributed by atoms with Gasteiger partial charge in [0.15, 0.2) is 0 Å². The van der Waals surface area contributed by atoms with Gasteiger partial charge in [-0.05, 0) is 36.8 Å². The number of hydrogen-bond donors (Lipinski definition) is 3. The molecule has 2 aromatic heterocycles. The van der Waals surface area contributed by atoms with E-state index in [1.54, 1.807) is 11.3 Å². The van der Waals surface area contributed by atoms with E-state index >= 15 is 0 Å². The molecule has 0 spiro atoms. The third-order valence-corrected chi connectivity index (χ3v) is 6.76. The fraction of sp³-hybridized carbons (Fsp3) is 0.316. The molecule has 0 unspecified atom stereocenters. The second-order valence-electron chi connectivity index (χ2n) is 7.00. The monoisotopic (exact) mass is 371 g/mol. The highest BCUT2D eigenvalue weighted by Gasteiger charge is 2.34. The maximum Gasteiger partial charge on any atom is 0.256 e. The highest BCUT2D eigenvalue weighted by molar-refractivity contribution is 7.16. The molecular weight excluding hydrogens is 354 g/mol. The number of aromatic amines is 1. The topological polar surface area (TPSA) is 56.9 Å². The van der Waals surface area contributed by atoms with Gasteiger partial charge in [0.25, 0.3) is 5.91 Å². The lowest BCUT2D eigenvalue weighted by atomic mass is 9.88. The number of hydrogen-bond acceptors (Lipinski definition) is 3. The van der Waals surface area contributed by atoms with Gasteiger partial charge < -0.3 is 15.6 Å². The maximum atomic E-state index is 12.9. The highest BCUT2D eigenvalue weighted by atomic mass is 35.5. The predicted molar refractivity (Wildman–Crippen MR) is 103 cm³/mol. The summed E-state index contributed by atoms with van der Waals surface area (Å²) in [5.41, 5.74) is 3.96. The zero-order valence-corrected chi connectivity index (χ0v) is 15.4. The van der Waals surface area contributed by atoms with Crippen molar-refractivity contribution in [2.45, 2.75) is 32.4 Å². The largest absolute Gasteiger partial charge is 0.352 e. The molecule has 6 heteroatoms. The zero-order chi connectivity index (χ0) is 17.1. The van der Waals surface area contributed by atoms with Crippen LogP contribution in [0.5, 0.6) is 0 Å². The molecule has 0 saturated heterocycles. The lowest BCUT2D eigenvalue weighted by Crippen LogP contribution is -2.38. The van der Waals surface area contributed by atoms with Crippen LogP contribution in [0, 0.1) is 5.92 Å². The van der Waals surface area contributed by atoms with E-state index in [4.69, 9.17) is 11.6 Å². The van der Waals surface area contributed by atoms with Gasteiger partial charge in [0.05, 0.1) is 5.56 Å². The molecule has 0 bridgehead atoms. The number of fused-ring (bicyclic) bond motifs is 4. The first-order valence-electron chi connectivity index (χ1n) is 8.60. The Bertz CT molecular complexity index is 1010. The smallest absolute Gasteiger partial charge is 0.256 e. The van der Waals surface area contributed by atoms with E-state index in [1.807, 2.05) is 24.3 Å². The van der Waals surface area contributed by atoms with E-state index in [0.29, 0.717) is 11.1 Å². The predicted octanol–water partition coefficient (Wildman–Crippen LogP) is 4.86. The average molecular weight is 372 g/mol. The Morgan fingerprint density at radius 1 is 1.24 bits per heavy atom. The SMILES string of the molecule is C[C@@H]1CCc2c(sc3c2C(=O)N[C@H](c2c(Cl)[nH]c4ccccc24)N3)C1. The summed E-state index contributed by atoms with van der Waals surface area (Å²) in [6.45, 7) is 2.28. The summed E-state index contributed by atoms with van der Waals surface area (Å²) in [6, 6.07) is 7.97. The minimum Gasteiger partial charge on any atom is -0.352 e. The molecule has 1 aromatic carbocycles. The van der Waals surface area contributed by atoms with Gasteiger partial charge in [-0.2, -0.15) is 0 Å². The fourth-order valence-electron chi connectivity index (χ4n) is 4.02. The number of benzene rings is 1. The van der Waals surface area contributed by atoms with Crippen LogP contribution < -0.4 is 10.6 Å². The number of amides is 1. The van der Waals surface area contributed by atoms with Crippen molar-refractivity contribution in [2.24, 2.45) is 5.92 Å². The molecule has 3 N–H and O–H groups in total. The van der Waals surface area contributed by atoms with Crippen molar-refractivity contribution >= 4 is 44.7 Å². The Balaban J connectivity index is 1.59. The Morgan fingerprint density at radius 3 is 2.96 bits per heavy atom. The average Bonchev–Trinajstić information content (AvgIpc) is 3.10. The van der Waals surface area contributed by atoms with Gasteiger partial charge in [-0.3, -0.25) is 4.79 Å². The molecule has 1 aliphatic heterocycles. The molecular formula is C19H18ClN3OS. The van der Waals surface area contributed by atoms with Crippen LogP contribution in [0.15, 0.2) is 24.3 Å². The van der Waals surface area contributed by atoms with Gasteiger partial charge in [-0.25, -0.2) is 0 Å². The van der Waals surface area contributed by atoms with E-state index in [-0.39, 0.29) is 12.1 Å². The molecule has 1 amide bonds. The summed E-state index contributed by atoms with van der Waals surface area (Å²) in [6.07, 6.45) is 2.90. The first-order chi connectivity index (χ1) is 12.1. The number of carbonyl (C=O) groups is 1. The van der Waals surface area contributed by atoms with Gasteiger partial charge in [0, 0.05) is 21.3 Å². The van der Waals surface area contributed by atoms with Crippen LogP contribution in [0.1, 0.15) is 45.9 Å². The van der Waals surface area contributed by atoms with E-state index in [2.05, 4.69) is 22.5 Å². The number of nitrogens with one attached hydrogen (secondary N) is 3. The van der Waals surface area contributed by atoms with Crippen molar-refractivity contribution in [3.63, 3.8) is 0 Å². The molecule has 1 aliphatic carbocycles. The van der Waals surface area contributed by atoms with Crippen LogP contribution >= 0.6 is 22.9 Å². The number of thiophene rings is 1. The van der Waals surface area contributed by atoms with E-state index in [9.17, 15) is 4.79 Å². The molecule has 25 heavy (non-hydrogen) atoms. The van der Waals surface area contributed by atoms with E-state index < -0.39 is 0 Å². The molecule has 0 saturated carbocycles. The minimum absolute atomic E-state index is 0.00662. The molecule has 4 nitrogen and oxygen atoms in total. The number of anilines is 1. The normalized spacial score (nSPS) is 22.2. The second kappa shape index (κ2) is 5.51. The number of halogens is 1. The quantitative estimate of drug-likeness (QED) is 0.572. The number of para-hydroxylation sites is 1. The standard InChI is InChI=1S/C19H18ClN3OS/c1-9-6-7-11-13(8-9)25-19-15(11)18(24)22-17(23-19)14-10-4-2-3-5-12(10)21-16(14)20/h2-5,9,17,21,23H,6-8H2,1H3,(H,22,24)/t9-,17+/m1/s1. The second-order valence-corrected chi connectivity index (χ2v) is 8.49. The lowest BCUT2D eigenvalue weighted by molar-refractivity contribution is 0.0935. The molecule has 3 aromatic rings. The van der Waals surface area contributed by atoms with Crippen molar-refractivity contribution < 1.29 is 4.79 Å². The third kappa shape index (κ3) is 2.29.